The van der Waals surface area contributed by atoms with E-state index in [1.165, 1.54) is 0 Å². The van der Waals surface area contributed by atoms with Crippen molar-refractivity contribution in [2.75, 3.05) is 19.7 Å². The number of carbonyl (C=O) groups excluding carboxylic acids is 5. The van der Waals surface area contributed by atoms with Crippen LogP contribution < -0.4 is 5.32 Å². The van der Waals surface area contributed by atoms with Crippen LogP contribution in [0.4, 0.5) is 4.79 Å². The maximum Gasteiger partial charge on any atom is 0.326 e. The standard InChI is InChI=1S/C19H19N3O6/c1-19(11-6-7-11)17(26)22(18(27)20-19)10-14(23)28-9-8-21-15(24)12-4-2-3-5-13(12)16(21)25/h2-5,11H,6-10H2,1H3,(H,20,27)/t19-/m0/s1. The fraction of sp³-hybridized carbons (Fsp3) is 0.421. The van der Waals surface area contributed by atoms with Crippen LogP contribution in [-0.2, 0) is 14.3 Å². The minimum absolute atomic E-state index is 0.0961. The molecule has 146 valence electrons. The highest BCUT2D eigenvalue weighted by molar-refractivity contribution is 6.21. The van der Waals surface area contributed by atoms with Gasteiger partial charge < -0.3 is 10.1 Å². The van der Waals surface area contributed by atoms with Crippen LogP contribution in [0.25, 0.3) is 0 Å². The summed E-state index contributed by atoms with van der Waals surface area (Å²) in [6.07, 6.45) is 1.72. The SMILES string of the molecule is C[C@@]1(C2CC2)NC(=O)N(CC(=O)OCCN2C(=O)c3ccccc3C2=O)C1=O. The lowest BCUT2D eigenvalue weighted by Gasteiger charge is -2.20. The van der Waals surface area contributed by atoms with Crippen LogP contribution in [0.3, 0.4) is 0 Å². The molecule has 9 heteroatoms. The summed E-state index contributed by atoms with van der Waals surface area (Å²) in [7, 11) is 0. The fourth-order valence-corrected chi connectivity index (χ4v) is 3.66. The van der Waals surface area contributed by atoms with Crippen molar-refractivity contribution in [2.24, 2.45) is 5.92 Å². The smallest absolute Gasteiger partial charge is 0.326 e. The third-order valence-electron chi connectivity index (χ3n) is 5.44. The monoisotopic (exact) mass is 385 g/mol. The number of nitrogens with zero attached hydrogens (tertiary/aromatic N) is 2. The molecule has 4 rings (SSSR count). The molecule has 1 aromatic carbocycles. The van der Waals surface area contributed by atoms with Crippen LogP contribution >= 0.6 is 0 Å². The van der Waals surface area contributed by atoms with Crippen LogP contribution in [0, 0.1) is 5.92 Å². The zero-order chi connectivity index (χ0) is 20.1. The fourth-order valence-electron chi connectivity index (χ4n) is 3.66. The van der Waals surface area contributed by atoms with E-state index in [2.05, 4.69) is 5.32 Å². The summed E-state index contributed by atoms with van der Waals surface area (Å²) >= 11 is 0. The van der Waals surface area contributed by atoms with Crippen molar-refractivity contribution in [1.29, 1.82) is 0 Å². The van der Waals surface area contributed by atoms with E-state index in [4.69, 9.17) is 4.74 Å². The van der Waals surface area contributed by atoms with E-state index in [0.717, 1.165) is 22.6 Å². The molecular weight excluding hydrogens is 366 g/mol. The first-order chi connectivity index (χ1) is 13.3. The minimum atomic E-state index is -0.961. The molecular formula is C19H19N3O6. The zero-order valence-corrected chi connectivity index (χ0v) is 15.3. The number of hydrogen-bond acceptors (Lipinski definition) is 6. The first-order valence-corrected chi connectivity index (χ1v) is 9.08. The highest BCUT2D eigenvalue weighted by Crippen LogP contribution is 2.42. The Labute approximate surface area is 160 Å². The maximum atomic E-state index is 12.5. The van der Waals surface area contributed by atoms with Crippen molar-refractivity contribution in [3.8, 4) is 0 Å². The molecule has 2 aliphatic heterocycles. The van der Waals surface area contributed by atoms with Crippen molar-refractivity contribution in [1.82, 2.24) is 15.1 Å². The van der Waals surface area contributed by atoms with Gasteiger partial charge in [0.1, 0.15) is 18.7 Å². The molecule has 1 saturated heterocycles. The Kier molecular flexibility index (Phi) is 4.17. The number of urea groups is 1. The highest BCUT2D eigenvalue weighted by atomic mass is 16.5. The van der Waals surface area contributed by atoms with Gasteiger partial charge in [-0.3, -0.25) is 29.0 Å². The first-order valence-electron chi connectivity index (χ1n) is 9.08. The van der Waals surface area contributed by atoms with Gasteiger partial charge >= 0.3 is 12.0 Å². The van der Waals surface area contributed by atoms with Crippen molar-refractivity contribution in [3.63, 3.8) is 0 Å². The molecule has 3 aliphatic rings. The molecule has 1 aromatic rings. The molecule has 1 atom stereocenters. The van der Waals surface area contributed by atoms with Crippen molar-refractivity contribution in [3.05, 3.63) is 35.4 Å². The summed E-state index contributed by atoms with van der Waals surface area (Å²) in [5.74, 6) is -1.99. The Morgan fingerprint density at radius 2 is 1.71 bits per heavy atom. The second kappa shape index (κ2) is 6.43. The maximum absolute atomic E-state index is 12.5. The number of benzene rings is 1. The number of ether oxygens (including phenoxy) is 1. The summed E-state index contributed by atoms with van der Waals surface area (Å²) in [5, 5.41) is 2.65. The number of rotatable bonds is 6. The van der Waals surface area contributed by atoms with E-state index in [0.29, 0.717) is 11.1 Å². The molecule has 1 saturated carbocycles. The van der Waals surface area contributed by atoms with Crippen LogP contribution in [-0.4, -0.2) is 64.8 Å². The average molecular weight is 385 g/mol. The van der Waals surface area contributed by atoms with Crippen LogP contribution in [0.15, 0.2) is 24.3 Å². The largest absolute Gasteiger partial charge is 0.462 e. The Balaban J connectivity index is 1.30. The van der Waals surface area contributed by atoms with Crippen LogP contribution in [0.2, 0.25) is 0 Å². The first kappa shape index (κ1) is 18.1. The molecule has 1 aliphatic carbocycles. The van der Waals surface area contributed by atoms with E-state index in [-0.39, 0.29) is 19.1 Å². The number of esters is 1. The molecule has 9 nitrogen and oxygen atoms in total. The molecule has 2 heterocycles. The molecule has 2 fully saturated rings. The van der Waals surface area contributed by atoms with Gasteiger partial charge in [0.25, 0.3) is 17.7 Å². The van der Waals surface area contributed by atoms with E-state index in [1.807, 2.05) is 0 Å². The van der Waals surface area contributed by atoms with Gasteiger partial charge in [0.2, 0.25) is 0 Å². The second-order valence-corrected chi connectivity index (χ2v) is 7.33. The number of carbonyl (C=O) groups is 5. The van der Waals surface area contributed by atoms with Crippen LogP contribution in [0.5, 0.6) is 0 Å². The zero-order valence-electron chi connectivity index (χ0n) is 15.3. The Morgan fingerprint density at radius 1 is 1.11 bits per heavy atom. The van der Waals surface area contributed by atoms with Crippen molar-refractivity contribution in [2.45, 2.75) is 25.3 Å². The molecule has 5 amide bonds. The average Bonchev–Trinajstić information content (AvgIpc) is 3.47. The Bertz CT molecular complexity index is 874. The van der Waals surface area contributed by atoms with Gasteiger partial charge in [0.15, 0.2) is 0 Å². The van der Waals surface area contributed by atoms with Crippen LogP contribution in [0.1, 0.15) is 40.5 Å². The summed E-state index contributed by atoms with van der Waals surface area (Å²) in [5.41, 5.74) is -0.326. The Morgan fingerprint density at radius 3 is 2.29 bits per heavy atom. The molecule has 0 radical (unpaired) electrons. The van der Waals surface area contributed by atoms with Gasteiger partial charge in [-0.1, -0.05) is 12.1 Å². The van der Waals surface area contributed by atoms with Crippen molar-refractivity contribution < 1.29 is 28.7 Å². The summed E-state index contributed by atoms with van der Waals surface area (Å²) in [6, 6.07) is 5.85. The topological polar surface area (TPSA) is 113 Å². The van der Waals surface area contributed by atoms with Gasteiger partial charge in [-0.25, -0.2) is 4.79 Å². The molecule has 0 aromatic heterocycles. The quantitative estimate of drug-likeness (QED) is 0.435. The molecule has 0 spiro atoms. The molecule has 28 heavy (non-hydrogen) atoms. The number of nitrogens with one attached hydrogen (secondary N) is 1. The third-order valence-corrected chi connectivity index (χ3v) is 5.44. The summed E-state index contributed by atoms with van der Waals surface area (Å²) in [4.78, 5) is 63.0. The summed E-state index contributed by atoms with van der Waals surface area (Å²) in [6.45, 7) is 0.847. The highest BCUT2D eigenvalue weighted by Gasteiger charge is 2.56. The Hall–Kier alpha value is -3.23. The number of amides is 5. The normalized spacial score (nSPS) is 23.9. The lowest BCUT2D eigenvalue weighted by Crippen LogP contribution is -2.46. The van der Waals surface area contributed by atoms with E-state index < -0.39 is 41.8 Å². The second-order valence-electron chi connectivity index (χ2n) is 7.33. The summed E-state index contributed by atoms with van der Waals surface area (Å²) < 4.78 is 5.04. The van der Waals surface area contributed by atoms with E-state index in [9.17, 15) is 24.0 Å². The van der Waals surface area contributed by atoms with Gasteiger partial charge in [0.05, 0.1) is 17.7 Å². The predicted octanol–water partition coefficient (Wildman–Crippen LogP) is 0.546. The van der Waals surface area contributed by atoms with Gasteiger partial charge in [-0.15, -0.1) is 0 Å². The van der Waals surface area contributed by atoms with E-state index in [1.54, 1.807) is 31.2 Å². The number of imide groups is 2. The van der Waals surface area contributed by atoms with Gasteiger partial charge in [-0.05, 0) is 37.8 Å². The molecule has 0 bridgehead atoms. The van der Waals surface area contributed by atoms with Gasteiger partial charge in [-0.2, -0.15) is 0 Å². The van der Waals surface area contributed by atoms with Gasteiger partial charge in [0, 0.05) is 0 Å². The number of fused-ring (bicyclic) bond motifs is 1. The molecule has 0 unspecified atom stereocenters. The third kappa shape index (κ3) is 2.83. The number of hydrogen-bond donors (Lipinski definition) is 1. The minimum Gasteiger partial charge on any atom is -0.462 e. The predicted molar refractivity (Wildman–Crippen MR) is 94.1 cm³/mol. The lowest BCUT2D eigenvalue weighted by molar-refractivity contribution is -0.148. The molecule has 1 N–H and O–H groups in total. The lowest BCUT2D eigenvalue weighted by atomic mass is 9.96. The van der Waals surface area contributed by atoms with E-state index >= 15 is 0 Å². The van der Waals surface area contributed by atoms with Crippen molar-refractivity contribution >= 4 is 29.7 Å².